The second-order valence-electron chi connectivity index (χ2n) is 5.00. The maximum Gasteiger partial charge on any atom is 0.315 e. The molecule has 0 radical (unpaired) electrons. The minimum atomic E-state index is -0.750. The Kier molecular flexibility index (Phi) is 4.28. The third-order valence-electron chi connectivity index (χ3n) is 3.30. The second-order valence-corrected chi connectivity index (χ2v) is 5.00. The molecule has 2 aromatic rings. The fraction of sp³-hybridized carbons (Fsp3) is 0.188. The molecule has 0 spiro atoms. The summed E-state index contributed by atoms with van der Waals surface area (Å²) in [6.45, 7) is 0.869. The molecular weight excluding hydrogens is 321 g/mol. The Bertz CT molecular complexity index is 807. The van der Waals surface area contributed by atoms with Crippen LogP contribution in [0.5, 0.6) is 17.2 Å². The molecule has 1 aliphatic heterocycles. The highest BCUT2D eigenvalue weighted by Gasteiger charge is 2.20. The molecule has 24 heavy (non-hydrogen) atoms. The summed E-state index contributed by atoms with van der Waals surface area (Å²) in [6, 6.07) is 7.64. The van der Waals surface area contributed by atoms with Crippen molar-refractivity contribution in [3.63, 3.8) is 0 Å². The van der Waals surface area contributed by atoms with Crippen LogP contribution in [0.2, 0.25) is 0 Å². The highest BCUT2D eigenvalue weighted by Crippen LogP contribution is 2.31. The van der Waals surface area contributed by atoms with E-state index in [1.165, 1.54) is 0 Å². The van der Waals surface area contributed by atoms with Gasteiger partial charge in [-0.05, 0) is 23.8 Å². The van der Waals surface area contributed by atoms with Crippen LogP contribution in [0.15, 0.2) is 36.4 Å². The Morgan fingerprint density at radius 3 is 2.67 bits per heavy atom. The van der Waals surface area contributed by atoms with Gasteiger partial charge in [-0.25, -0.2) is 4.39 Å². The number of hydrogen-bond acceptors (Lipinski definition) is 6. The zero-order chi connectivity index (χ0) is 17.1. The van der Waals surface area contributed by atoms with Crippen LogP contribution >= 0.6 is 0 Å². The molecule has 1 aliphatic rings. The zero-order valence-electron chi connectivity index (χ0n) is 12.4. The number of hydrogen-bond donors (Lipinski definition) is 0. The fourth-order valence-corrected chi connectivity index (χ4v) is 2.24. The third-order valence-corrected chi connectivity index (χ3v) is 3.30. The van der Waals surface area contributed by atoms with Gasteiger partial charge in [0.2, 0.25) is 5.75 Å². The third kappa shape index (κ3) is 3.43. The SMILES string of the molecule is O=C(Cc1ccc2c(c1)OCCO2)Oc1cc(F)ccc1[N+](=O)[O-]. The van der Waals surface area contributed by atoms with E-state index < -0.39 is 28.1 Å². The van der Waals surface area contributed by atoms with Crippen molar-refractivity contribution < 1.29 is 28.3 Å². The summed E-state index contributed by atoms with van der Waals surface area (Å²) in [5.41, 5.74) is 0.107. The number of benzene rings is 2. The molecule has 1 heterocycles. The fourth-order valence-electron chi connectivity index (χ4n) is 2.24. The second kappa shape index (κ2) is 6.53. The summed E-state index contributed by atoms with van der Waals surface area (Å²) >= 11 is 0. The largest absolute Gasteiger partial charge is 0.486 e. The quantitative estimate of drug-likeness (QED) is 0.370. The van der Waals surface area contributed by atoms with E-state index in [9.17, 15) is 19.3 Å². The molecule has 7 nitrogen and oxygen atoms in total. The molecule has 0 atom stereocenters. The standard InChI is InChI=1S/C16H12FNO6/c17-11-2-3-12(18(20)21)14(9-11)24-16(19)8-10-1-4-13-15(7-10)23-6-5-22-13/h1-4,7,9H,5-6,8H2. The minimum absolute atomic E-state index is 0.149. The van der Waals surface area contributed by atoms with E-state index in [0.717, 1.165) is 18.2 Å². The first-order valence-electron chi connectivity index (χ1n) is 7.06. The van der Waals surface area contributed by atoms with E-state index in [2.05, 4.69) is 0 Å². The van der Waals surface area contributed by atoms with Gasteiger partial charge in [0.05, 0.1) is 11.3 Å². The predicted octanol–water partition coefficient (Wildman–Crippen LogP) is 2.65. The molecule has 0 N–H and O–H groups in total. The number of rotatable bonds is 4. The summed E-state index contributed by atoms with van der Waals surface area (Å²) in [4.78, 5) is 22.1. The lowest BCUT2D eigenvalue weighted by atomic mass is 10.1. The number of esters is 1. The van der Waals surface area contributed by atoms with Gasteiger partial charge in [-0.1, -0.05) is 6.07 Å². The number of carbonyl (C=O) groups excluding carboxylic acids is 1. The molecule has 0 saturated carbocycles. The minimum Gasteiger partial charge on any atom is -0.486 e. The van der Waals surface area contributed by atoms with E-state index >= 15 is 0 Å². The van der Waals surface area contributed by atoms with Crippen molar-refractivity contribution in [1.29, 1.82) is 0 Å². The summed E-state index contributed by atoms with van der Waals surface area (Å²) in [6.07, 6.45) is -0.149. The van der Waals surface area contributed by atoms with Crippen molar-refractivity contribution in [2.45, 2.75) is 6.42 Å². The van der Waals surface area contributed by atoms with Crippen molar-refractivity contribution in [2.24, 2.45) is 0 Å². The van der Waals surface area contributed by atoms with Crippen LogP contribution in [0.4, 0.5) is 10.1 Å². The van der Waals surface area contributed by atoms with E-state index in [-0.39, 0.29) is 6.42 Å². The number of ether oxygens (including phenoxy) is 3. The Labute approximate surface area is 135 Å². The van der Waals surface area contributed by atoms with Crippen LogP contribution in [0.25, 0.3) is 0 Å². The van der Waals surface area contributed by atoms with Gasteiger partial charge >= 0.3 is 11.7 Å². The van der Waals surface area contributed by atoms with Crippen molar-refractivity contribution in [3.8, 4) is 17.2 Å². The Hall–Kier alpha value is -3.16. The molecule has 0 unspecified atom stereocenters. The average Bonchev–Trinajstić information content (AvgIpc) is 2.54. The summed E-state index contributed by atoms with van der Waals surface area (Å²) in [7, 11) is 0. The first-order chi connectivity index (χ1) is 11.5. The van der Waals surface area contributed by atoms with E-state index in [1.54, 1.807) is 18.2 Å². The average molecular weight is 333 g/mol. The number of nitrogens with zero attached hydrogens (tertiary/aromatic N) is 1. The van der Waals surface area contributed by atoms with Gasteiger partial charge in [0.25, 0.3) is 0 Å². The van der Waals surface area contributed by atoms with E-state index in [0.29, 0.717) is 30.3 Å². The number of carbonyl (C=O) groups is 1. The lowest BCUT2D eigenvalue weighted by Gasteiger charge is -2.18. The molecule has 0 bridgehead atoms. The zero-order valence-corrected chi connectivity index (χ0v) is 12.4. The van der Waals surface area contributed by atoms with Crippen molar-refractivity contribution in [2.75, 3.05) is 13.2 Å². The maximum absolute atomic E-state index is 13.2. The molecule has 2 aromatic carbocycles. The Balaban J connectivity index is 1.74. The van der Waals surface area contributed by atoms with E-state index in [4.69, 9.17) is 14.2 Å². The van der Waals surface area contributed by atoms with Crippen molar-refractivity contribution in [1.82, 2.24) is 0 Å². The van der Waals surface area contributed by atoms with Gasteiger partial charge in [0.1, 0.15) is 19.0 Å². The first kappa shape index (κ1) is 15.7. The predicted molar refractivity (Wildman–Crippen MR) is 79.8 cm³/mol. The monoisotopic (exact) mass is 333 g/mol. The highest BCUT2D eigenvalue weighted by molar-refractivity contribution is 5.76. The van der Waals surface area contributed by atoms with Crippen molar-refractivity contribution >= 4 is 11.7 Å². The lowest BCUT2D eigenvalue weighted by molar-refractivity contribution is -0.385. The van der Waals surface area contributed by atoms with Crippen LogP contribution in [-0.4, -0.2) is 24.1 Å². The number of nitro benzene ring substituents is 1. The van der Waals surface area contributed by atoms with Crippen LogP contribution in [-0.2, 0) is 11.2 Å². The van der Waals surface area contributed by atoms with Crippen molar-refractivity contribution in [3.05, 3.63) is 57.9 Å². The van der Waals surface area contributed by atoms with Crippen LogP contribution in [0.1, 0.15) is 5.56 Å². The van der Waals surface area contributed by atoms with Gasteiger partial charge in [-0.3, -0.25) is 14.9 Å². The molecule has 124 valence electrons. The van der Waals surface area contributed by atoms with Crippen LogP contribution in [0.3, 0.4) is 0 Å². The van der Waals surface area contributed by atoms with Gasteiger partial charge in [0.15, 0.2) is 11.5 Å². The van der Waals surface area contributed by atoms with E-state index in [1.807, 2.05) is 0 Å². The first-order valence-corrected chi connectivity index (χ1v) is 7.06. The topological polar surface area (TPSA) is 87.9 Å². The summed E-state index contributed by atoms with van der Waals surface area (Å²) in [5.74, 6) is -0.812. The lowest BCUT2D eigenvalue weighted by Crippen LogP contribution is -2.16. The highest BCUT2D eigenvalue weighted by atomic mass is 19.1. The van der Waals surface area contributed by atoms with Crippen LogP contribution < -0.4 is 14.2 Å². The molecule has 3 rings (SSSR count). The summed E-state index contributed by atoms with van der Waals surface area (Å²) < 4.78 is 29.0. The Morgan fingerprint density at radius 2 is 1.92 bits per heavy atom. The van der Waals surface area contributed by atoms with Gasteiger partial charge < -0.3 is 14.2 Å². The maximum atomic E-state index is 13.2. The number of halogens is 1. The molecular formula is C16H12FNO6. The van der Waals surface area contributed by atoms with Gasteiger partial charge in [-0.15, -0.1) is 0 Å². The Morgan fingerprint density at radius 1 is 1.17 bits per heavy atom. The van der Waals surface area contributed by atoms with Gasteiger partial charge in [0, 0.05) is 12.1 Å². The molecule has 0 aromatic heterocycles. The number of fused-ring (bicyclic) bond motifs is 1. The summed E-state index contributed by atoms with van der Waals surface area (Å²) in [5, 5.41) is 10.9. The molecule has 8 heteroatoms. The molecule has 0 fully saturated rings. The number of nitro groups is 1. The smallest absolute Gasteiger partial charge is 0.315 e. The molecule has 0 saturated heterocycles. The normalized spacial score (nSPS) is 12.5. The molecule has 0 amide bonds. The molecule has 0 aliphatic carbocycles. The van der Waals surface area contributed by atoms with Gasteiger partial charge in [-0.2, -0.15) is 0 Å². The van der Waals surface area contributed by atoms with Crippen LogP contribution in [0, 0.1) is 15.9 Å².